The summed E-state index contributed by atoms with van der Waals surface area (Å²) in [4.78, 5) is 23.9. The fourth-order valence-electron chi connectivity index (χ4n) is 2.37. The minimum absolute atomic E-state index is 0.170. The summed E-state index contributed by atoms with van der Waals surface area (Å²) in [5.74, 6) is -0.518. The van der Waals surface area contributed by atoms with Gasteiger partial charge in [-0.3, -0.25) is 9.59 Å². The summed E-state index contributed by atoms with van der Waals surface area (Å²) in [5, 5.41) is 7.49. The number of amides is 2. The number of halogens is 4. The van der Waals surface area contributed by atoms with Crippen molar-refractivity contribution < 1.29 is 27.5 Å². The maximum atomic E-state index is 12.6. The van der Waals surface area contributed by atoms with Crippen molar-refractivity contribution in [1.29, 1.82) is 0 Å². The molecule has 0 unspecified atom stereocenters. The molecule has 0 aliphatic carbocycles. The Bertz CT molecular complexity index is 904. The van der Waals surface area contributed by atoms with Gasteiger partial charge in [-0.25, -0.2) is 0 Å². The van der Waals surface area contributed by atoms with Gasteiger partial charge in [-0.1, -0.05) is 17.7 Å². The first-order chi connectivity index (χ1) is 13.6. The summed E-state index contributed by atoms with van der Waals surface area (Å²) in [6.45, 7) is 1.29. The van der Waals surface area contributed by atoms with E-state index in [4.69, 9.17) is 16.3 Å². The van der Waals surface area contributed by atoms with Gasteiger partial charge in [0.2, 0.25) is 11.8 Å². The second kappa shape index (κ2) is 9.51. The number of hydrogen-bond acceptors (Lipinski definition) is 4. The number of aryl methyl sites for hydroxylation is 1. The summed E-state index contributed by atoms with van der Waals surface area (Å²) in [7, 11) is 1.47. The molecule has 2 amide bonds. The van der Waals surface area contributed by atoms with Crippen molar-refractivity contribution in [3.05, 3.63) is 52.5 Å². The van der Waals surface area contributed by atoms with Crippen LogP contribution in [0.25, 0.3) is 0 Å². The molecule has 0 aromatic heterocycles. The van der Waals surface area contributed by atoms with Crippen LogP contribution in [0.1, 0.15) is 11.1 Å². The summed E-state index contributed by atoms with van der Waals surface area (Å²) in [6.07, 6.45) is -4.51. The van der Waals surface area contributed by atoms with Crippen LogP contribution in [0.2, 0.25) is 5.02 Å². The number of carbonyl (C=O) groups excluding carboxylic acids is 2. The Hall–Kier alpha value is -2.94. The molecule has 6 nitrogen and oxygen atoms in total. The van der Waals surface area contributed by atoms with Crippen LogP contribution in [0, 0.1) is 6.92 Å². The monoisotopic (exact) mass is 429 g/mol. The van der Waals surface area contributed by atoms with Crippen molar-refractivity contribution in [3.8, 4) is 5.75 Å². The number of nitrogens with one attached hydrogen (secondary N) is 3. The molecular weight excluding hydrogens is 411 g/mol. The number of methoxy groups -OCH3 is 1. The molecule has 0 saturated carbocycles. The highest BCUT2D eigenvalue weighted by molar-refractivity contribution is 6.33. The minimum atomic E-state index is -4.51. The molecule has 0 atom stereocenters. The van der Waals surface area contributed by atoms with Gasteiger partial charge < -0.3 is 20.7 Å². The van der Waals surface area contributed by atoms with Crippen molar-refractivity contribution in [3.63, 3.8) is 0 Å². The molecule has 2 aromatic carbocycles. The zero-order chi connectivity index (χ0) is 21.6. The summed E-state index contributed by atoms with van der Waals surface area (Å²) in [6, 6.07) is 8.02. The van der Waals surface area contributed by atoms with Crippen LogP contribution in [-0.4, -0.2) is 32.0 Å². The predicted molar refractivity (Wildman–Crippen MR) is 104 cm³/mol. The highest BCUT2D eigenvalue weighted by Crippen LogP contribution is 2.33. The van der Waals surface area contributed by atoms with E-state index < -0.39 is 23.6 Å². The van der Waals surface area contributed by atoms with Crippen molar-refractivity contribution in [2.75, 3.05) is 30.8 Å². The molecule has 2 rings (SSSR count). The smallest absolute Gasteiger partial charge is 0.416 e. The SMILES string of the molecule is COc1ccc(C)cc1NC(=O)CNC(=O)CNc1ccc(C(F)(F)F)cc1Cl. The number of benzene rings is 2. The topological polar surface area (TPSA) is 79.5 Å². The van der Waals surface area contributed by atoms with Gasteiger partial charge in [0.25, 0.3) is 0 Å². The van der Waals surface area contributed by atoms with Gasteiger partial charge in [0.15, 0.2) is 0 Å². The largest absolute Gasteiger partial charge is 0.495 e. The zero-order valence-corrected chi connectivity index (χ0v) is 16.4. The van der Waals surface area contributed by atoms with Gasteiger partial charge in [0, 0.05) is 0 Å². The highest BCUT2D eigenvalue weighted by atomic mass is 35.5. The Labute approximate surface area is 170 Å². The van der Waals surface area contributed by atoms with E-state index in [1.807, 2.05) is 13.0 Å². The second-order valence-corrected chi connectivity index (χ2v) is 6.48. The number of hydrogen-bond donors (Lipinski definition) is 3. The Morgan fingerprint density at radius 2 is 1.76 bits per heavy atom. The first kappa shape index (κ1) is 22.4. The van der Waals surface area contributed by atoms with Crippen molar-refractivity contribution >= 4 is 34.8 Å². The Morgan fingerprint density at radius 3 is 2.38 bits per heavy atom. The van der Waals surface area contributed by atoms with Gasteiger partial charge in [0.1, 0.15) is 5.75 Å². The quantitative estimate of drug-likeness (QED) is 0.624. The van der Waals surface area contributed by atoms with Crippen LogP contribution in [0.15, 0.2) is 36.4 Å². The molecule has 0 heterocycles. The van der Waals surface area contributed by atoms with Crippen molar-refractivity contribution in [2.45, 2.75) is 13.1 Å². The van der Waals surface area contributed by atoms with Gasteiger partial charge in [0.05, 0.1) is 42.2 Å². The van der Waals surface area contributed by atoms with Crippen molar-refractivity contribution in [1.82, 2.24) is 5.32 Å². The molecule has 3 N–H and O–H groups in total. The molecule has 0 aliphatic rings. The average molecular weight is 430 g/mol. The standard InChI is InChI=1S/C19H19ClF3N3O3/c1-11-3-6-16(29-2)15(7-11)26-18(28)10-25-17(27)9-24-14-5-4-12(8-13(14)20)19(21,22)23/h3-8,24H,9-10H2,1-2H3,(H,25,27)(H,26,28). The lowest BCUT2D eigenvalue weighted by atomic mass is 10.2. The molecule has 2 aromatic rings. The maximum absolute atomic E-state index is 12.6. The third kappa shape index (κ3) is 6.56. The van der Waals surface area contributed by atoms with E-state index in [2.05, 4.69) is 16.0 Å². The van der Waals surface area contributed by atoms with E-state index >= 15 is 0 Å². The van der Waals surface area contributed by atoms with Crippen LogP contribution in [0.4, 0.5) is 24.5 Å². The number of carbonyl (C=O) groups is 2. The van der Waals surface area contributed by atoms with E-state index in [1.54, 1.807) is 12.1 Å². The lowest BCUT2D eigenvalue weighted by molar-refractivity contribution is -0.137. The highest BCUT2D eigenvalue weighted by Gasteiger charge is 2.30. The molecule has 0 bridgehead atoms. The van der Waals surface area contributed by atoms with Crippen LogP contribution in [0.5, 0.6) is 5.75 Å². The lowest BCUT2D eigenvalue weighted by Gasteiger charge is -2.13. The summed E-state index contributed by atoms with van der Waals surface area (Å²) in [5.41, 5.74) is 0.675. The molecule has 29 heavy (non-hydrogen) atoms. The maximum Gasteiger partial charge on any atom is 0.416 e. The van der Waals surface area contributed by atoms with E-state index in [0.29, 0.717) is 11.4 Å². The van der Waals surface area contributed by atoms with Crippen LogP contribution < -0.4 is 20.7 Å². The summed E-state index contributed by atoms with van der Waals surface area (Å²) >= 11 is 5.81. The molecule has 0 spiro atoms. The van der Waals surface area contributed by atoms with Crippen molar-refractivity contribution in [2.24, 2.45) is 0 Å². The van der Waals surface area contributed by atoms with Crippen LogP contribution in [-0.2, 0) is 15.8 Å². The minimum Gasteiger partial charge on any atom is -0.495 e. The van der Waals surface area contributed by atoms with E-state index in [1.165, 1.54) is 7.11 Å². The number of alkyl halides is 3. The molecule has 156 valence electrons. The van der Waals surface area contributed by atoms with Crippen LogP contribution in [0.3, 0.4) is 0 Å². The molecule has 0 aliphatic heterocycles. The van der Waals surface area contributed by atoms with Gasteiger partial charge in [-0.15, -0.1) is 0 Å². The Kier molecular flexibility index (Phi) is 7.33. The van der Waals surface area contributed by atoms with E-state index in [9.17, 15) is 22.8 Å². The number of rotatable bonds is 7. The molecule has 0 radical (unpaired) electrons. The number of anilines is 2. The molecule has 0 fully saturated rings. The average Bonchev–Trinajstić information content (AvgIpc) is 2.64. The second-order valence-electron chi connectivity index (χ2n) is 6.07. The van der Waals surface area contributed by atoms with Crippen LogP contribution >= 0.6 is 11.6 Å². The fourth-order valence-corrected chi connectivity index (χ4v) is 2.61. The van der Waals surface area contributed by atoms with E-state index in [-0.39, 0.29) is 23.8 Å². The van der Waals surface area contributed by atoms with E-state index in [0.717, 1.165) is 23.8 Å². The first-order valence-electron chi connectivity index (χ1n) is 8.42. The van der Waals surface area contributed by atoms with Gasteiger partial charge in [-0.2, -0.15) is 13.2 Å². The first-order valence-corrected chi connectivity index (χ1v) is 8.79. The molecule has 0 saturated heterocycles. The lowest BCUT2D eigenvalue weighted by Crippen LogP contribution is -2.36. The third-order valence-corrected chi connectivity index (χ3v) is 4.12. The molecule has 10 heteroatoms. The Morgan fingerprint density at radius 1 is 1.03 bits per heavy atom. The third-order valence-electron chi connectivity index (χ3n) is 3.81. The normalized spacial score (nSPS) is 11.0. The molecular formula is C19H19ClF3N3O3. The number of ether oxygens (including phenoxy) is 1. The van der Waals surface area contributed by atoms with Gasteiger partial charge in [-0.05, 0) is 42.8 Å². The summed E-state index contributed by atoms with van der Waals surface area (Å²) < 4.78 is 43.0. The Balaban J connectivity index is 1.84. The zero-order valence-electron chi connectivity index (χ0n) is 15.6. The predicted octanol–water partition coefficient (Wildman–Crippen LogP) is 3.84. The fraction of sp³-hybridized carbons (Fsp3) is 0.263. The van der Waals surface area contributed by atoms with Gasteiger partial charge >= 0.3 is 6.18 Å².